The van der Waals surface area contributed by atoms with Crippen LogP contribution in [0.15, 0.2) is 66.9 Å². The molecule has 0 aliphatic rings. The average molecular weight is 547 g/mol. The SMILES string of the molecule is COCC(=O)Nc1cccc(-n2nc(C(C)(C)C)cc2NC(=O)Nc2ccc(Oc3ccnc(C)c3)cc2F)c1. The molecule has 11 heteroatoms. The Morgan fingerprint density at radius 3 is 2.45 bits per heavy atom. The molecule has 0 spiro atoms. The van der Waals surface area contributed by atoms with E-state index in [4.69, 9.17) is 9.47 Å². The van der Waals surface area contributed by atoms with Crippen molar-refractivity contribution in [3.63, 3.8) is 0 Å². The molecule has 2 aromatic carbocycles. The molecular weight excluding hydrogens is 515 g/mol. The number of hydrogen-bond acceptors (Lipinski definition) is 6. The Morgan fingerprint density at radius 1 is 0.975 bits per heavy atom. The Kier molecular flexibility index (Phi) is 8.44. The van der Waals surface area contributed by atoms with Gasteiger partial charge in [-0.15, -0.1) is 0 Å². The number of aromatic nitrogens is 3. The molecule has 2 aromatic heterocycles. The molecule has 0 saturated heterocycles. The van der Waals surface area contributed by atoms with Gasteiger partial charge in [0.2, 0.25) is 5.91 Å². The van der Waals surface area contributed by atoms with Crippen LogP contribution < -0.4 is 20.7 Å². The molecule has 0 saturated carbocycles. The molecule has 0 aliphatic heterocycles. The van der Waals surface area contributed by atoms with Crippen molar-refractivity contribution in [1.29, 1.82) is 0 Å². The third-order valence-electron chi connectivity index (χ3n) is 5.66. The summed E-state index contributed by atoms with van der Waals surface area (Å²) < 4.78 is 27.0. The summed E-state index contributed by atoms with van der Waals surface area (Å²) in [5, 5.41) is 12.7. The van der Waals surface area contributed by atoms with Crippen LogP contribution in [0.3, 0.4) is 0 Å². The molecule has 3 N–H and O–H groups in total. The highest BCUT2D eigenvalue weighted by atomic mass is 19.1. The summed E-state index contributed by atoms with van der Waals surface area (Å²) in [4.78, 5) is 29.0. The number of aryl methyl sites for hydroxylation is 1. The summed E-state index contributed by atoms with van der Waals surface area (Å²) in [5.74, 6) is 0.190. The fourth-order valence-electron chi connectivity index (χ4n) is 3.73. The Bertz CT molecular complexity index is 1530. The zero-order valence-electron chi connectivity index (χ0n) is 22.9. The van der Waals surface area contributed by atoms with Crippen LogP contribution in [-0.2, 0) is 14.9 Å². The van der Waals surface area contributed by atoms with Gasteiger partial charge in [0.05, 0.1) is 17.1 Å². The van der Waals surface area contributed by atoms with Gasteiger partial charge < -0.3 is 20.1 Å². The second-order valence-corrected chi connectivity index (χ2v) is 10.1. The molecule has 2 heterocycles. The molecule has 0 aliphatic carbocycles. The zero-order valence-corrected chi connectivity index (χ0v) is 22.9. The number of carbonyl (C=O) groups is 2. The lowest BCUT2D eigenvalue weighted by molar-refractivity contribution is -0.119. The molecule has 0 radical (unpaired) electrons. The van der Waals surface area contributed by atoms with Gasteiger partial charge in [-0.1, -0.05) is 26.8 Å². The lowest BCUT2D eigenvalue weighted by Crippen LogP contribution is -2.22. The quantitative estimate of drug-likeness (QED) is 0.248. The number of carbonyl (C=O) groups excluding carboxylic acids is 2. The van der Waals surface area contributed by atoms with E-state index in [1.165, 1.54) is 19.2 Å². The number of benzene rings is 2. The Morgan fingerprint density at radius 2 is 1.75 bits per heavy atom. The van der Waals surface area contributed by atoms with Gasteiger partial charge in [0.15, 0.2) is 0 Å². The molecule has 208 valence electrons. The van der Waals surface area contributed by atoms with Crippen molar-refractivity contribution in [2.75, 3.05) is 29.7 Å². The van der Waals surface area contributed by atoms with Crippen LogP contribution in [0.2, 0.25) is 0 Å². The minimum absolute atomic E-state index is 0.0271. The molecule has 0 unspecified atom stereocenters. The van der Waals surface area contributed by atoms with E-state index in [1.54, 1.807) is 59.4 Å². The maximum Gasteiger partial charge on any atom is 0.324 e. The first-order chi connectivity index (χ1) is 19.0. The van der Waals surface area contributed by atoms with Crippen LogP contribution >= 0.6 is 0 Å². The van der Waals surface area contributed by atoms with E-state index < -0.39 is 11.8 Å². The lowest BCUT2D eigenvalue weighted by atomic mass is 9.92. The van der Waals surface area contributed by atoms with E-state index in [9.17, 15) is 14.0 Å². The monoisotopic (exact) mass is 546 g/mol. The fourth-order valence-corrected chi connectivity index (χ4v) is 3.73. The summed E-state index contributed by atoms with van der Waals surface area (Å²) >= 11 is 0. The number of nitrogens with one attached hydrogen (secondary N) is 3. The molecule has 0 bridgehead atoms. The first kappa shape index (κ1) is 28.2. The third kappa shape index (κ3) is 7.20. The van der Waals surface area contributed by atoms with Gasteiger partial charge in [0.25, 0.3) is 0 Å². The number of hydrogen-bond donors (Lipinski definition) is 3. The third-order valence-corrected chi connectivity index (χ3v) is 5.66. The van der Waals surface area contributed by atoms with Crippen molar-refractivity contribution in [2.45, 2.75) is 33.1 Å². The molecule has 3 amide bonds. The van der Waals surface area contributed by atoms with Gasteiger partial charge in [-0.2, -0.15) is 5.10 Å². The van der Waals surface area contributed by atoms with Crippen molar-refractivity contribution in [3.05, 3.63) is 84.1 Å². The van der Waals surface area contributed by atoms with E-state index in [1.807, 2.05) is 27.7 Å². The van der Waals surface area contributed by atoms with Crippen molar-refractivity contribution in [3.8, 4) is 17.2 Å². The number of anilines is 3. The molecule has 4 rings (SSSR count). The number of pyridine rings is 1. The topological polar surface area (TPSA) is 119 Å². The van der Waals surface area contributed by atoms with Gasteiger partial charge >= 0.3 is 6.03 Å². The van der Waals surface area contributed by atoms with Crippen molar-refractivity contribution >= 4 is 29.1 Å². The number of urea groups is 1. The predicted octanol–water partition coefficient (Wildman–Crippen LogP) is 6.03. The Labute approximate surface area is 231 Å². The highest BCUT2D eigenvalue weighted by molar-refractivity contribution is 5.99. The van der Waals surface area contributed by atoms with Crippen LogP contribution in [0.5, 0.6) is 11.5 Å². The normalized spacial score (nSPS) is 11.2. The summed E-state index contributed by atoms with van der Waals surface area (Å²) in [5.41, 5.74) is 2.27. The maximum absolute atomic E-state index is 14.8. The fraction of sp³-hybridized carbons (Fsp3) is 0.241. The van der Waals surface area contributed by atoms with Gasteiger partial charge in [0, 0.05) is 48.3 Å². The predicted molar refractivity (Wildman–Crippen MR) is 151 cm³/mol. The van der Waals surface area contributed by atoms with Crippen LogP contribution in [0.1, 0.15) is 32.2 Å². The molecule has 40 heavy (non-hydrogen) atoms. The minimum atomic E-state index is -0.665. The van der Waals surface area contributed by atoms with Crippen molar-refractivity contribution < 1.29 is 23.5 Å². The van der Waals surface area contributed by atoms with Gasteiger partial charge in [0.1, 0.15) is 29.7 Å². The number of methoxy groups -OCH3 is 1. The molecule has 4 aromatic rings. The molecule has 10 nitrogen and oxygen atoms in total. The van der Waals surface area contributed by atoms with E-state index in [0.29, 0.717) is 22.9 Å². The Balaban J connectivity index is 1.53. The summed E-state index contributed by atoms with van der Waals surface area (Å²) in [6.45, 7) is 7.73. The molecular formula is C29H31FN6O4. The van der Waals surface area contributed by atoms with Crippen LogP contribution in [0.25, 0.3) is 5.69 Å². The second-order valence-electron chi connectivity index (χ2n) is 10.1. The first-order valence-corrected chi connectivity index (χ1v) is 12.5. The van der Waals surface area contributed by atoms with Crippen LogP contribution in [0, 0.1) is 12.7 Å². The van der Waals surface area contributed by atoms with Crippen molar-refractivity contribution in [2.24, 2.45) is 0 Å². The number of rotatable bonds is 8. The first-order valence-electron chi connectivity index (χ1n) is 12.5. The van der Waals surface area contributed by atoms with Crippen LogP contribution in [-0.4, -0.2) is 40.4 Å². The minimum Gasteiger partial charge on any atom is -0.457 e. The van der Waals surface area contributed by atoms with Gasteiger partial charge in [-0.3, -0.25) is 15.1 Å². The van der Waals surface area contributed by atoms with E-state index in [0.717, 1.165) is 11.4 Å². The highest BCUT2D eigenvalue weighted by Gasteiger charge is 2.22. The Hall–Kier alpha value is -4.77. The van der Waals surface area contributed by atoms with Crippen molar-refractivity contribution in [1.82, 2.24) is 14.8 Å². The van der Waals surface area contributed by atoms with Gasteiger partial charge in [-0.05, 0) is 43.3 Å². The van der Waals surface area contributed by atoms with E-state index in [2.05, 4.69) is 26.0 Å². The number of amides is 3. The lowest BCUT2D eigenvalue weighted by Gasteiger charge is -2.14. The molecule has 0 fully saturated rings. The summed E-state index contributed by atoms with van der Waals surface area (Å²) in [6.07, 6.45) is 1.60. The van der Waals surface area contributed by atoms with Crippen LogP contribution in [0.4, 0.5) is 26.4 Å². The average Bonchev–Trinajstić information content (AvgIpc) is 3.30. The van der Waals surface area contributed by atoms with Gasteiger partial charge in [-0.25, -0.2) is 13.9 Å². The second kappa shape index (κ2) is 12.0. The number of ether oxygens (including phenoxy) is 2. The standard InChI is InChI=1S/C29H31FN6O4/c1-18-13-22(11-12-31-18)40-21-9-10-24(23(30)15-21)33-28(38)34-26-16-25(29(2,3)4)35-36(26)20-8-6-7-19(14-20)32-27(37)17-39-5/h6-16H,17H2,1-5H3,(H,32,37)(H2,33,34,38). The largest absolute Gasteiger partial charge is 0.457 e. The number of halogens is 1. The maximum atomic E-state index is 14.8. The summed E-state index contributed by atoms with van der Waals surface area (Å²) in [7, 11) is 1.44. The molecule has 0 atom stereocenters. The highest BCUT2D eigenvalue weighted by Crippen LogP contribution is 2.29. The zero-order chi connectivity index (χ0) is 28.9. The van der Waals surface area contributed by atoms with E-state index >= 15 is 0 Å². The summed E-state index contributed by atoms with van der Waals surface area (Å²) in [6, 6.07) is 15.7. The number of nitrogens with zero attached hydrogens (tertiary/aromatic N) is 3. The smallest absolute Gasteiger partial charge is 0.324 e. The van der Waals surface area contributed by atoms with E-state index in [-0.39, 0.29) is 29.4 Å².